The normalized spacial score (nSPS) is 15.9. The van der Waals surface area contributed by atoms with E-state index in [0.29, 0.717) is 31.6 Å². The summed E-state index contributed by atoms with van der Waals surface area (Å²) in [4.78, 5) is 23.2. The van der Waals surface area contributed by atoms with Crippen molar-refractivity contribution in [2.75, 3.05) is 18.0 Å². The van der Waals surface area contributed by atoms with E-state index in [0.717, 1.165) is 6.07 Å². The van der Waals surface area contributed by atoms with Crippen molar-refractivity contribution in [3.05, 3.63) is 32.5 Å². The Kier molecular flexibility index (Phi) is 3.60. The van der Waals surface area contributed by atoms with Crippen molar-refractivity contribution in [2.45, 2.75) is 12.8 Å². The third-order valence-electron chi connectivity index (χ3n) is 2.88. The van der Waals surface area contributed by atoms with E-state index in [1.807, 2.05) is 0 Å². The fraction of sp³-hybridized carbons (Fsp3) is 0.364. The van der Waals surface area contributed by atoms with Gasteiger partial charge in [-0.1, -0.05) is 0 Å². The number of nitrogens with zero attached hydrogens (tertiary/aromatic N) is 2. The maximum absolute atomic E-state index is 13.3. The van der Waals surface area contributed by atoms with Gasteiger partial charge in [0.25, 0.3) is 5.69 Å². The van der Waals surface area contributed by atoms with Gasteiger partial charge in [-0.15, -0.1) is 0 Å². The molecular weight excluding hydrogens is 307 g/mol. The average molecular weight is 317 g/mol. The third-order valence-corrected chi connectivity index (χ3v) is 3.48. The van der Waals surface area contributed by atoms with Gasteiger partial charge in [-0.05, 0) is 22.0 Å². The highest BCUT2D eigenvalue weighted by molar-refractivity contribution is 9.10. The van der Waals surface area contributed by atoms with Crippen LogP contribution in [0, 0.1) is 15.9 Å². The summed E-state index contributed by atoms with van der Waals surface area (Å²) in [6.45, 7) is 0.857. The maximum Gasteiger partial charge on any atom is 0.295 e. The molecule has 1 heterocycles. The van der Waals surface area contributed by atoms with Crippen LogP contribution < -0.4 is 4.90 Å². The number of rotatable bonds is 2. The van der Waals surface area contributed by atoms with Crippen LogP contribution in [-0.4, -0.2) is 23.8 Å². The zero-order valence-electron chi connectivity index (χ0n) is 9.36. The fourth-order valence-electron chi connectivity index (χ4n) is 1.92. The minimum Gasteiger partial charge on any atom is -0.365 e. The van der Waals surface area contributed by atoms with Crippen LogP contribution in [0.2, 0.25) is 0 Å². The van der Waals surface area contributed by atoms with Gasteiger partial charge >= 0.3 is 0 Å². The van der Waals surface area contributed by atoms with Crippen LogP contribution in [0.4, 0.5) is 15.8 Å². The van der Waals surface area contributed by atoms with Crippen molar-refractivity contribution in [2.24, 2.45) is 0 Å². The zero-order chi connectivity index (χ0) is 13.3. The fourth-order valence-corrected chi connectivity index (χ4v) is 2.25. The minimum atomic E-state index is -0.668. The molecule has 0 saturated carbocycles. The second-order valence-electron chi connectivity index (χ2n) is 4.04. The molecule has 96 valence electrons. The van der Waals surface area contributed by atoms with Gasteiger partial charge < -0.3 is 4.90 Å². The first-order chi connectivity index (χ1) is 8.49. The maximum atomic E-state index is 13.3. The summed E-state index contributed by atoms with van der Waals surface area (Å²) in [5.41, 5.74) is 0.0748. The second kappa shape index (κ2) is 5.01. The van der Waals surface area contributed by atoms with Gasteiger partial charge in [-0.3, -0.25) is 14.9 Å². The molecule has 1 aromatic carbocycles. The highest BCUT2D eigenvalue weighted by atomic mass is 79.9. The molecule has 0 N–H and O–H groups in total. The molecule has 1 fully saturated rings. The molecule has 0 spiro atoms. The van der Waals surface area contributed by atoms with Gasteiger partial charge in [0.05, 0.1) is 15.5 Å². The lowest BCUT2D eigenvalue weighted by Crippen LogP contribution is -2.34. The molecule has 1 saturated heterocycles. The van der Waals surface area contributed by atoms with Crippen LogP contribution in [0.5, 0.6) is 0 Å². The van der Waals surface area contributed by atoms with E-state index in [1.165, 1.54) is 6.07 Å². The van der Waals surface area contributed by atoms with Crippen LogP contribution in [-0.2, 0) is 4.79 Å². The first-order valence-corrected chi connectivity index (χ1v) is 6.18. The predicted molar refractivity (Wildman–Crippen MR) is 67.2 cm³/mol. The van der Waals surface area contributed by atoms with Crippen LogP contribution in [0.3, 0.4) is 0 Å². The number of nitro groups is 1. The number of nitro benzene ring substituents is 1. The van der Waals surface area contributed by atoms with E-state index >= 15 is 0 Å². The van der Waals surface area contributed by atoms with Crippen LogP contribution in [0.1, 0.15) is 12.8 Å². The van der Waals surface area contributed by atoms with E-state index in [2.05, 4.69) is 15.9 Å². The molecule has 7 heteroatoms. The summed E-state index contributed by atoms with van der Waals surface area (Å²) in [7, 11) is 0. The van der Waals surface area contributed by atoms with Gasteiger partial charge in [0.2, 0.25) is 0 Å². The smallest absolute Gasteiger partial charge is 0.295 e. The molecule has 0 aliphatic carbocycles. The Morgan fingerprint density at radius 3 is 2.50 bits per heavy atom. The molecule has 2 rings (SSSR count). The Morgan fingerprint density at radius 1 is 1.33 bits per heavy atom. The summed E-state index contributed by atoms with van der Waals surface area (Å²) >= 11 is 3.02. The molecule has 1 aliphatic rings. The monoisotopic (exact) mass is 316 g/mol. The number of carbonyl (C=O) groups is 1. The van der Waals surface area contributed by atoms with Gasteiger partial charge in [-0.25, -0.2) is 4.39 Å². The minimum absolute atomic E-state index is 0.148. The molecule has 1 aliphatic heterocycles. The van der Waals surface area contributed by atoms with E-state index in [-0.39, 0.29) is 15.9 Å². The quantitative estimate of drug-likeness (QED) is 0.621. The van der Waals surface area contributed by atoms with Gasteiger partial charge in [0, 0.05) is 25.9 Å². The van der Waals surface area contributed by atoms with Crippen LogP contribution >= 0.6 is 15.9 Å². The summed E-state index contributed by atoms with van der Waals surface area (Å²) in [5, 5.41) is 10.9. The van der Waals surface area contributed by atoms with E-state index < -0.39 is 10.7 Å². The Balaban J connectivity index is 2.39. The molecule has 18 heavy (non-hydrogen) atoms. The SMILES string of the molecule is O=C1CCN(c2cc(Br)c(F)cc2[N+](=O)[O-])CC1. The van der Waals surface area contributed by atoms with Gasteiger partial charge in [0.15, 0.2) is 0 Å². The highest BCUT2D eigenvalue weighted by Crippen LogP contribution is 2.34. The Bertz CT molecular complexity index is 511. The summed E-state index contributed by atoms with van der Waals surface area (Å²) in [6, 6.07) is 2.29. The lowest BCUT2D eigenvalue weighted by atomic mass is 10.1. The van der Waals surface area contributed by atoms with E-state index in [9.17, 15) is 19.3 Å². The van der Waals surface area contributed by atoms with Gasteiger partial charge in [0.1, 0.15) is 17.3 Å². The van der Waals surface area contributed by atoms with E-state index in [1.54, 1.807) is 4.90 Å². The number of hydrogen-bond donors (Lipinski definition) is 0. The van der Waals surface area contributed by atoms with Gasteiger partial charge in [-0.2, -0.15) is 0 Å². The molecule has 0 radical (unpaired) electrons. The first-order valence-electron chi connectivity index (χ1n) is 5.39. The molecule has 1 aromatic rings. The number of carbonyl (C=O) groups excluding carboxylic acids is 1. The van der Waals surface area contributed by atoms with Crippen LogP contribution in [0.15, 0.2) is 16.6 Å². The Hall–Kier alpha value is -1.50. The lowest BCUT2D eigenvalue weighted by Gasteiger charge is -2.27. The molecule has 0 aromatic heterocycles. The summed E-state index contributed by atoms with van der Waals surface area (Å²) in [6.07, 6.45) is 0.734. The zero-order valence-corrected chi connectivity index (χ0v) is 10.9. The van der Waals surface area contributed by atoms with Crippen molar-refractivity contribution in [3.63, 3.8) is 0 Å². The van der Waals surface area contributed by atoms with Crippen LogP contribution in [0.25, 0.3) is 0 Å². The standard InChI is InChI=1S/C11H10BrFN2O3/c12-8-5-10(11(15(17)18)6-9(8)13)14-3-1-7(16)2-4-14/h5-6H,1-4H2. The number of Topliss-reactive ketones (excluding diaryl/α,β-unsaturated/α-hetero) is 1. The summed E-state index contributed by atoms with van der Waals surface area (Å²) in [5.74, 6) is -0.520. The van der Waals surface area contributed by atoms with Crippen molar-refractivity contribution in [1.29, 1.82) is 0 Å². The number of anilines is 1. The Labute approximate surface area is 111 Å². The largest absolute Gasteiger partial charge is 0.365 e. The van der Waals surface area contributed by atoms with Crippen molar-refractivity contribution in [1.82, 2.24) is 0 Å². The lowest BCUT2D eigenvalue weighted by molar-refractivity contribution is -0.384. The molecule has 5 nitrogen and oxygen atoms in total. The van der Waals surface area contributed by atoms with Crippen molar-refractivity contribution >= 4 is 33.1 Å². The number of ketones is 1. The third kappa shape index (κ3) is 2.50. The summed E-state index contributed by atoms with van der Waals surface area (Å²) < 4.78 is 13.5. The van der Waals surface area contributed by atoms with E-state index in [4.69, 9.17) is 0 Å². The van der Waals surface area contributed by atoms with Crippen molar-refractivity contribution < 1.29 is 14.1 Å². The number of hydrogen-bond acceptors (Lipinski definition) is 4. The second-order valence-corrected chi connectivity index (χ2v) is 4.89. The topological polar surface area (TPSA) is 63.5 Å². The number of benzene rings is 1. The Morgan fingerprint density at radius 2 is 1.94 bits per heavy atom. The first kappa shape index (κ1) is 12.9. The molecule has 0 unspecified atom stereocenters. The number of halogens is 2. The average Bonchev–Trinajstić information content (AvgIpc) is 2.33. The predicted octanol–water partition coefficient (Wildman–Crippen LogP) is 2.67. The molecule has 0 amide bonds. The number of piperidine rings is 1. The van der Waals surface area contributed by atoms with Crippen molar-refractivity contribution in [3.8, 4) is 0 Å². The highest BCUT2D eigenvalue weighted by Gasteiger charge is 2.25. The molecular formula is C11H10BrFN2O3. The molecule has 0 atom stereocenters. The molecule has 0 bridgehead atoms.